The van der Waals surface area contributed by atoms with Crippen molar-refractivity contribution in [1.82, 2.24) is 15.5 Å². The second kappa shape index (κ2) is 9.03. The predicted molar refractivity (Wildman–Crippen MR) is 121 cm³/mol. The van der Waals surface area contributed by atoms with Crippen LogP contribution in [0.5, 0.6) is 11.5 Å². The molecule has 2 fully saturated rings. The predicted octanol–water partition coefficient (Wildman–Crippen LogP) is 1.05. The third-order valence-corrected chi connectivity index (χ3v) is 5.95. The summed E-state index contributed by atoms with van der Waals surface area (Å²) in [5, 5.41) is 4.90. The Morgan fingerprint density at radius 2 is 1.97 bits per heavy atom. The number of hydrogen-bond donors (Lipinski definition) is 2. The molecule has 2 saturated heterocycles. The highest BCUT2D eigenvalue weighted by atomic mass is 16.6. The van der Waals surface area contributed by atoms with Gasteiger partial charge in [-0.25, -0.2) is 4.79 Å². The van der Waals surface area contributed by atoms with Crippen molar-refractivity contribution in [3.63, 3.8) is 0 Å². The Bertz CT molecular complexity index is 1020. The van der Waals surface area contributed by atoms with Crippen molar-refractivity contribution >= 4 is 29.5 Å². The van der Waals surface area contributed by atoms with Crippen LogP contribution in [0.25, 0.3) is 0 Å². The number of methoxy groups -OCH3 is 1. The van der Waals surface area contributed by atoms with E-state index in [1.165, 1.54) is 7.11 Å². The number of benzene rings is 1. The van der Waals surface area contributed by atoms with Crippen LogP contribution >= 0.6 is 0 Å². The number of ether oxygens (including phenoxy) is 3. The Hall–Kier alpha value is -3.50. The van der Waals surface area contributed by atoms with Gasteiger partial charge in [-0.05, 0) is 39.3 Å². The van der Waals surface area contributed by atoms with Crippen molar-refractivity contribution in [3.05, 3.63) is 17.7 Å². The summed E-state index contributed by atoms with van der Waals surface area (Å²) >= 11 is 0. The van der Waals surface area contributed by atoms with E-state index in [1.807, 2.05) is 20.8 Å². The van der Waals surface area contributed by atoms with Crippen LogP contribution in [0.3, 0.4) is 0 Å². The molecule has 0 saturated carbocycles. The smallest absolute Gasteiger partial charge is 0.410 e. The van der Waals surface area contributed by atoms with Gasteiger partial charge in [0.05, 0.1) is 24.4 Å². The molecule has 184 valence electrons. The number of nitrogens with one attached hydrogen (secondary N) is 2. The number of rotatable bonds is 3. The molecule has 2 N–H and O–H groups in total. The zero-order valence-corrected chi connectivity index (χ0v) is 19.8. The van der Waals surface area contributed by atoms with E-state index in [-0.39, 0.29) is 42.2 Å². The highest BCUT2D eigenvalue weighted by Gasteiger charge is 2.38. The maximum Gasteiger partial charge on any atom is 0.410 e. The van der Waals surface area contributed by atoms with E-state index >= 15 is 0 Å². The molecule has 1 aromatic carbocycles. The van der Waals surface area contributed by atoms with Gasteiger partial charge in [0.25, 0.3) is 5.91 Å². The Balaban J connectivity index is 1.50. The molecule has 1 aromatic rings. The van der Waals surface area contributed by atoms with Gasteiger partial charge in [-0.1, -0.05) is 0 Å². The summed E-state index contributed by atoms with van der Waals surface area (Å²) in [6.45, 7) is 7.33. The van der Waals surface area contributed by atoms with E-state index in [0.717, 1.165) is 5.69 Å². The molecule has 3 aliphatic heterocycles. The van der Waals surface area contributed by atoms with Gasteiger partial charge in [-0.3, -0.25) is 19.7 Å². The number of imide groups is 1. The van der Waals surface area contributed by atoms with Gasteiger partial charge in [-0.15, -0.1) is 0 Å². The molecule has 0 spiro atoms. The fourth-order valence-electron chi connectivity index (χ4n) is 4.35. The molecule has 3 heterocycles. The minimum Gasteiger partial charge on any atom is -0.492 e. The number of anilines is 1. The van der Waals surface area contributed by atoms with E-state index in [0.29, 0.717) is 32.0 Å². The van der Waals surface area contributed by atoms with Gasteiger partial charge in [0.1, 0.15) is 18.2 Å². The highest BCUT2D eigenvalue weighted by Crippen LogP contribution is 2.44. The van der Waals surface area contributed by atoms with Crippen LogP contribution in [0, 0.1) is 0 Å². The van der Waals surface area contributed by atoms with E-state index in [4.69, 9.17) is 14.2 Å². The average molecular weight is 475 g/mol. The summed E-state index contributed by atoms with van der Waals surface area (Å²) in [5.41, 5.74) is 0.438. The van der Waals surface area contributed by atoms with E-state index in [9.17, 15) is 19.2 Å². The summed E-state index contributed by atoms with van der Waals surface area (Å²) in [4.78, 5) is 52.6. The third-order valence-electron chi connectivity index (χ3n) is 5.95. The molecule has 11 heteroatoms. The molecule has 0 radical (unpaired) electrons. The lowest BCUT2D eigenvalue weighted by Gasteiger charge is -2.45. The summed E-state index contributed by atoms with van der Waals surface area (Å²) in [5.74, 6) is -0.648. The van der Waals surface area contributed by atoms with E-state index in [2.05, 4.69) is 15.5 Å². The molecule has 3 aliphatic rings. The SMILES string of the molecule is COc1c(C(=O)N[C@H]2CCC(=O)NC2=O)ccc2c1OC[C@H]1CN(C(=O)OC(C)(C)C)CCN21. The maximum atomic E-state index is 12.9. The molecule has 4 amide bonds. The Kier molecular flexibility index (Phi) is 6.28. The van der Waals surface area contributed by atoms with Crippen LogP contribution in [-0.4, -0.2) is 79.8 Å². The molecular weight excluding hydrogens is 444 g/mol. The van der Waals surface area contributed by atoms with Crippen LogP contribution in [0.2, 0.25) is 0 Å². The minimum atomic E-state index is -0.794. The Morgan fingerprint density at radius 1 is 1.21 bits per heavy atom. The first-order valence-electron chi connectivity index (χ1n) is 11.3. The normalized spacial score (nSPS) is 22.1. The fourth-order valence-corrected chi connectivity index (χ4v) is 4.35. The monoisotopic (exact) mass is 474 g/mol. The number of fused-ring (bicyclic) bond motifs is 3. The average Bonchev–Trinajstić information content (AvgIpc) is 2.78. The van der Waals surface area contributed by atoms with E-state index < -0.39 is 23.5 Å². The molecule has 11 nitrogen and oxygen atoms in total. The number of carbonyl (C=O) groups is 4. The molecule has 0 bridgehead atoms. The molecular formula is C23H30N4O7. The first-order chi connectivity index (χ1) is 16.1. The molecule has 2 atom stereocenters. The molecule has 0 aromatic heterocycles. The minimum absolute atomic E-state index is 0.0679. The number of hydrogen-bond acceptors (Lipinski definition) is 8. The van der Waals surface area contributed by atoms with E-state index in [1.54, 1.807) is 17.0 Å². The van der Waals surface area contributed by atoms with Crippen molar-refractivity contribution in [3.8, 4) is 11.5 Å². The van der Waals surface area contributed by atoms with Crippen molar-refractivity contribution in [1.29, 1.82) is 0 Å². The lowest BCUT2D eigenvalue weighted by Crippen LogP contribution is -2.59. The number of piperidine rings is 1. The standard InChI is InChI=1S/C23H30N4O7/c1-23(2,3)34-22(31)26-9-10-27-13(11-26)12-33-19-16(27)7-5-14(18(19)32-4)20(29)24-15-6-8-17(28)25-21(15)30/h5,7,13,15H,6,8-12H2,1-4H3,(H,24,29)(H,25,28,30)/t13-,15+/m1/s1. The van der Waals surface area contributed by atoms with Crippen LogP contribution in [0.15, 0.2) is 12.1 Å². The molecule has 0 aliphatic carbocycles. The first kappa shape index (κ1) is 23.7. The van der Waals surface area contributed by atoms with Crippen LogP contribution < -0.4 is 25.0 Å². The molecule has 34 heavy (non-hydrogen) atoms. The lowest BCUT2D eigenvalue weighted by molar-refractivity contribution is -0.134. The van der Waals surface area contributed by atoms with Gasteiger partial charge < -0.3 is 29.3 Å². The topological polar surface area (TPSA) is 127 Å². The summed E-state index contributed by atoms with van der Waals surface area (Å²) in [7, 11) is 1.45. The summed E-state index contributed by atoms with van der Waals surface area (Å²) in [6.07, 6.45) is 0.0534. The van der Waals surface area contributed by atoms with Gasteiger partial charge in [0, 0.05) is 26.1 Å². The highest BCUT2D eigenvalue weighted by molar-refractivity contribution is 6.05. The number of carbonyl (C=O) groups excluding carboxylic acids is 4. The van der Waals surface area contributed by atoms with Crippen molar-refractivity contribution in [2.75, 3.05) is 38.3 Å². The Morgan fingerprint density at radius 3 is 2.65 bits per heavy atom. The third kappa shape index (κ3) is 4.73. The van der Waals surface area contributed by atoms with Crippen LogP contribution in [-0.2, 0) is 14.3 Å². The Labute approximate surface area is 197 Å². The number of amides is 4. The summed E-state index contributed by atoms with van der Waals surface area (Å²) < 4.78 is 17.0. The number of piperazine rings is 1. The van der Waals surface area contributed by atoms with Crippen molar-refractivity contribution in [2.24, 2.45) is 0 Å². The zero-order chi connectivity index (χ0) is 24.6. The zero-order valence-electron chi connectivity index (χ0n) is 19.8. The van der Waals surface area contributed by atoms with Crippen molar-refractivity contribution < 1.29 is 33.4 Å². The maximum absolute atomic E-state index is 12.9. The van der Waals surface area contributed by atoms with Crippen molar-refractivity contribution in [2.45, 2.75) is 51.3 Å². The molecule has 4 rings (SSSR count). The quantitative estimate of drug-likeness (QED) is 0.623. The van der Waals surface area contributed by atoms with Crippen LogP contribution in [0.1, 0.15) is 44.0 Å². The van der Waals surface area contributed by atoms with Gasteiger partial charge >= 0.3 is 6.09 Å². The van der Waals surface area contributed by atoms with Gasteiger partial charge in [0.15, 0.2) is 11.5 Å². The summed E-state index contributed by atoms with van der Waals surface area (Å²) in [6, 6.07) is 2.55. The number of nitrogens with zero attached hydrogens (tertiary/aromatic N) is 2. The largest absolute Gasteiger partial charge is 0.492 e. The second-order valence-corrected chi connectivity index (χ2v) is 9.56. The first-order valence-corrected chi connectivity index (χ1v) is 11.3. The van der Waals surface area contributed by atoms with Crippen LogP contribution in [0.4, 0.5) is 10.5 Å². The van der Waals surface area contributed by atoms with Gasteiger partial charge in [-0.2, -0.15) is 0 Å². The molecule has 0 unspecified atom stereocenters. The second-order valence-electron chi connectivity index (χ2n) is 9.56. The van der Waals surface area contributed by atoms with Gasteiger partial charge in [0.2, 0.25) is 11.8 Å². The fraction of sp³-hybridized carbons (Fsp3) is 0.565. The lowest BCUT2D eigenvalue weighted by atomic mass is 10.0.